The van der Waals surface area contributed by atoms with E-state index in [1.165, 1.54) is 17.5 Å². The Hall–Kier alpha value is -3.94. The summed E-state index contributed by atoms with van der Waals surface area (Å²) >= 11 is 2.33. The van der Waals surface area contributed by atoms with Gasteiger partial charge in [0, 0.05) is 35.2 Å². The molecule has 0 amide bonds. The summed E-state index contributed by atoms with van der Waals surface area (Å²) in [6, 6.07) is 7.90. The first kappa shape index (κ1) is 26.7. The number of carbonyl (C=O) groups is 1. The molecule has 200 valence electrons. The average Bonchev–Trinajstić information content (AvgIpc) is 3.49. The third kappa shape index (κ3) is 5.20. The fourth-order valence-electron chi connectivity index (χ4n) is 4.03. The second kappa shape index (κ2) is 9.67. The van der Waals surface area contributed by atoms with Crippen molar-refractivity contribution in [2.24, 2.45) is 0 Å². The van der Waals surface area contributed by atoms with Gasteiger partial charge >= 0.3 is 12.1 Å². The van der Waals surface area contributed by atoms with E-state index in [1.54, 1.807) is 38.2 Å². The standard InChI is InChI=1S/C26H20F3N5O3S2/c1-12-6-14(8-16(7-12)33-24-30-5-4-19(34-24)26(27,28)29)18-11-32-23(38-18)25(3,37)15-9-17-13(2)20(22(35)36)39-21(17)31-10-15/h4-11,37H,1-3H3,(H,35,36)(H,30,33,34). The predicted octanol–water partition coefficient (Wildman–Crippen LogP) is 6.54. The lowest BCUT2D eigenvalue weighted by Gasteiger charge is -2.21. The first-order valence-electron chi connectivity index (χ1n) is 11.4. The highest BCUT2D eigenvalue weighted by molar-refractivity contribution is 7.20. The van der Waals surface area contributed by atoms with Crippen LogP contribution in [-0.2, 0) is 11.8 Å². The summed E-state index contributed by atoms with van der Waals surface area (Å²) in [7, 11) is 0. The van der Waals surface area contributed by atoms with Gasteiger partial charge in [-0.1, -0.05) is 6.07 Å². The van der Waals surface area contributed by atoms with Crippen LogP contribution in [0.5, 0.6) is 0 Å². The fraction of sp³-hybridized carbons (Fsp3) is 0.192. The van der Waals surface area contributed by atoms with Crippen LogP contribution in [0.2, 0.25) is 0 Å². The lowest BCUT2D eigenvalue weighted by Crippen LogP contribution is -2.22. The molecule has 0 fully saturated rings. The molecule has 4 heterocycles. The summed E-state index contributed by atoms with van der Waals surface area (Å²) in [5, 5.41) is 24.7. The predicted molar refractivity (Wildman–Crippen MR) is 143 cm³/mol. The molecule has 1 unspecified atom stereocenters. The Morgan fingerprint density at radius 2 is 1.79 bits per heavy atom. The van der Waals surface area contributed by atoms with Crippen LogP contribution in [0.15, 0.2) is 48.9 Å². The maximum atomic E-state index is 13.0. The minimum atomic E-state index is -4.59. The van der Waals surface area contributed by atoms with Crippen LogP contribution in [0.4, 0.5) is 24.8 Å². The molecule has 8 nitrogen and oxygen atoms in total. The molecule has 0 saturated heterocycles. The molecule has 5 rings (SSSR count). The molecule has 39 heavy (non-hydrogen) atoms. The third-order valence-corrected chi connectivity index (χ3v) is 8.50. The number of aryl methyl sites for hydroxylation is 2. The van der Waals surface area contributed by atoms with Crippen molar-refractivity contribution in [2.45, 2.75) is 32.5 Å². The van der Waals surface area contributed by atoms with Gasteiger partial charge in [0.1, 0.15) is 26.0 Å². The first-order valence-corrected chi connectivity index (χ1v) is 13.1. The second-order valence-corrected chi connectivity index (χ2v) is 11.0. The Kier molecular flexibility index (Phi) is 6.61. The van der Waals surface area contributed by atoms with Crippen LogP contribution in [-0.4, -0.2) is 36.1 Å². The molecule has 0 radical (unpaired) electrons. The Morgan fingerprint density at radius 1 is 1.03 bits per heavy atom. The number of rotatable bonds is 6. The second-order valence-electron chi connectivity index (χ2n) is 9.02. The number of thiophene rings is 1. The number of anilines is 2. The monoisotopic (exact) mass is 571 g/mol. The van der Waals surface area contributed by atoms with Crippen molar-refractivity contribution >= 4 is 50.5 Å². The van der Waals surface area contributed by atoms with Crippen LogP contribution >= 0.6 is 22.7 Å². The van der Waals surface area contributed by atoms with E-state index in [9.17, 15) is 28.2 Å². The molecule has 0 aliphatic rings. The van der Waals surface area contributed by atoms with E-state index in [4.69, 9.17) is 0 Å². The van der Waals surface area contributed by atoms with Gasteiger partial charge in [-0.3, -0.25) is 0 Å². The van der Waals surface area contributed by atoms with Gasteiger partial charge in [-0.05, 0) is 61.7 Å². The number of nitrogens with zero attached hydrogens (tertiary/aromatic N) is 4. The summed E-state index contributed by atoms with van der Waals surface area (Å²) in [6.45, 7) is 5.14. The number of fused-ring (bicyclic) bond motifs is 1. The molecule has 0 spiro atoms. The van der Waals surface area contributed by atoms with Crippen molar-refractivity contribution in [2.75, 3.05) is 5.32 Å². The van der Waals surface area contributed by atoms with E-state index in [0.29, 0.717) is 32.0 Å². The number of nitrogens with one attached hydrogen (secondary N) is 1. The molecule has 0 aliphatic heterocycles. The summed E-state index contributed by atoms with van der Waals surface area (Å²) in [5.41, 5.74) is 0.532. The summed E-state index contributed by atoms with van der Waals surface area (Å²) < 4.78 is 39.1. The minimum absolute atomic E-state index is 0.188. The first-order chi connectivity index (χ1) is 18.3. The van der Waals surface area contributed by atoms with Crippen molar-refractivity contribution in [3.8, 4) is 10.4 Å². The summed E-state index contributed by atoms with van der Waals surface area (Å²) in [4.78, 5) is 29.2. The molecule has 0 aliphatic carbocycles. The van der Waals surface area contributed by atoms with Gasteiger partial charge in [0.05, 0.1) is 4.88 Å². The molecule has 1 aromatic carbocycles. The van der Waals surface area contributed by atoms with Crippen molar-refractivity contribution in [1.82, 2.24) is 19.9 Å². The molecule has 4 aromatic heterocycles. The highest BCUT2D eigenvalue weighted by Gasteiger charge is 2.33. The van der Waals surface area contributed by atoms with E-state index < -0.39 is 23.4 Å². The molecule has 0 saturated carbocycles. The van der Waals surface area contributed by atoms with Gasteiger partial charge in [-0.2, -0.15) is 13.2 Å². The summed E-state index contributed by atoms with van der Waals surface area (Å²) in [5.74, 6) is -1.22. The number of aliphatic hydroxyl groups is 1. The van der Waals surface area contributed by atoms with Crippen molar-refractivity contribution in [3.63, 3.8) is 0 Å². The van der Waals surface area contributed by atoms with Gasteiger partial charge in [-0.15, -0.1) is 22.7 Å². The Labute approximate surface area is 227 Å². The van der Waals surface area contributed by atoms with Gasteiger partial charge in [0.15, 0.2) is 0 Å². The number of benzene rings is 1. The van der Waals surface area contributed by atoms with E-state index in [1.807, 2.05) is 13.0 Å². The van der Waals surface area contributed by atoms with E-state index in [-0.39, 0.29) is 10.8 Å². The van der Waals surface area contributed by atoms with Gasteiger partial charge in [-0.25, -0.2) is 24.7 Å². The number of carboxylic acids is 1. The number of alkyl halides is 3. The van der Waals surface area contributed by atoms with E-state index in [0.717, 1.165) is 39.6 Å². The number of aromatic carboxylic acids is 1. The number of thiazole rings is 1. The fourth-order valence-corrected chi connectivity index (χ4v) is 5.97. The molecule has 0 bridgehead atoms. The molecule has 5 aromatic rings. The number of pyridine rings is 1. The van der Waals surface area contributed by atoms with E-state index in [2.05, 4.69) is 25.3 Å². The number of halogens is 3. The highest BCUT2D eigenvalue weighted by Crippen LogP contribution is 2.39. The van der Waals surface area contributed by atoms with Crippen molar-refractivity contribution in [1.29, 1.82) is 0 Å². The number of aromatic nitrogens is 4. The maximum absolute atomic E-state index is 13.0. The van der Waals surface area contributed by atoms with Crippen LogP contribution in [0, 0.1) is 13.8 Å². The Balaban J connectivity index is 1.45. The maximum Gasteiger partial charge on any atom is 0.433 e. The van der Waals surface area contributed by atoms with Gasteiger partial charge in [0.25, 0.3) is 0 Å². The average molecular weight is 572 g/mol. The number of hydrogen-bond acceptors (Lipinski definition) is 9. The largest absolute Gasteiger partial charge is 0.477 e. The van der Waals surface area contributed by atoms with Crippen LogP contribution in [0.3, 0.4) is 0 Å². The lowest BCUT2D eigenvalue weighted by atomic mass is 9.97. The Morgan fingerprint density at radius 3 is 2.51 bits per heavy atom. The van der Waals surface area contributed by atoms with Crippen LogP contribution < -0.4 is 5.32 Å². The zero-order chi connectivity index (χ0) is 28.1. The highest BCUT2D eigenvalue weighted by atomic mass is 32.1. The van der Waals surface area contributed by atoms with Gasteiger partial charge in [0.2, 0.25) is 5.95 Å². The quantitative estimate of drug-likeness (QED) is 0.210. The van der Waals surface area contributed by atoms with Crippen molar-refractivity contribution < 1.29 is 28.2 Å². The number of hydrogen-bond donors (Lipinski definition) is 3. The normalized spacial score (nSPS) is 13.4. The lowest BCUT2D eigenvalue weighted by molar-refractivity contribution is -0.141. The number of carboxylic acid groups (broad SMARTS) is 1. The Bertz CT molecular complexity index is 1730. The van der Waals surface area contributed by atoms with E-state index >= 15 is 0 Å². The SMILES string of the molecule is Cc1cc(Nc2nccc(C(F)(F)F)n2)cc(-c2cnc(C(C)(O)c3cnc4sc(C(=O)O)c(C)c4c3)s2)c1. The third-order valence-electron chi connectivity index (χ3n) is 6.04. The zero-order valence-corrected chi connectivity index (χ0v) is 22.3. The van der Waals surface area contributed by atoms with Gasteiger partial charge < -0.3 is 15.5 Å². The van der Waals surface area contributed by atoms with Crippen LogP contribution in [0.25, 0.3) is 20.7 Å². The summed E-state index contributed by atoms with van der Waals surface area (Å²) in [6.07, 6.45) is -0.431. The van der Waals surface area contributed by atoms with Crippen LogP contribution in [0.1, 0.15) is 44.0 Å². The molecular formula is C26H20F3N5O3S2. The zero-order valence-electron chi connectivity index (χ0n) is 20.7. The molecular weight excluding hydrogens is 551 g/mol. The topological polar surface area (TPSA) is 121 Å². The smallest absolute Gasteiger partial charge is 0.433 e. The molecule has 13 heteroatoms. The molecule has 3 N–H and O–H groups in total. The van der Waals surface area contributed by atoms with Crippen molar-refractivity contribution in [3.05, 3.63) is 81.2 Å². The minimum Gasteiger partial charge on any atom is -0.477 e. The molecule has 1 atom stereocenters.